The summed E-state index contributed by atoms with van der Waals surface area (Å²) >= 11 is 0. The van der Waals surface area contributed by atoms with E-state index in [9.17, 15) is 19.6 Å². The summed E-state index contributed by atoms with van der Waals surface area (Å²) in [5.74, 6) is -1.14. The molecule has 0 spiro atoms. The van der Waals surface area contributed by atoms with Crippen LogP contribution in [0.1, 0.15) is 29.8 Å². The number of ether oxygens (including phenoxy) is 1. The minimum atomic E-state index is -0.560. The lowest BCUT2D eigenvalue weighted by Gasteiger charge is -2.07. The molecule has 30 heavy (non-hydrogen) atoms. The van der Waals surface area contributed by atoms with Crippen LogP contribution in [0.4, 0.5) is 11.4 Å². The Kier molecular flexibility index (Phi) is 8.15. The van der Waals surface area contributed by atoms with Gasteiger partial charge in [0.1, 0.15) is 11.6 Å². The van der Waals surface area contributed by atoms with E-state index >= 15 is 0 Å². The smallest absolute Gasteiger partial charge is 0.338 e. The Morgan fingerprint density at radius 2 is 1.60 bits per heavy atom. The number of hydrogen-bond donors (Lipinski definition) is 3. The Morgan fingerprint density at radius 1 is 1.00 bits per heavy atom. The molecule has 2 aromatic carbocycles. The van der Waals surface area contributed by atoms with Gasteiger partial charge >= 0.3 is 5.97 Å². The standard InChI is InChI=1S/C22H22N4O4/c1-3-30-22(29)17-6-4-16(5-7-17)13-24-14-18(12-23)21(28)26-20-10-8-19(9-11-20)25-15(2)27/h4-11,14,24H,3,13H2,1-2H3,(H,25,27)(H,26,28)/b18-14-. The van der Waals surface area contributed by atoms with E-state index in [0.29, 0.717) is 30.1 Å². The van der Waals surface area contributed by atoms with Crippen molar-refractivity contribution in [3.63, 3.8) is 0 Å². The largest absolute Gasteiger partial charge is 0.462 e. The first kappa shape index (κ1) is 22.2. The molecule has 2 aromatic rings. The first-order chi connectivity index (χ1) is 14.4. The van der Waals surface area contributed by atoms with Gasteiger partial charge in [0.05, 0.1) is 12.2 Å². The highest BCUT2D eigenvalue weighted by atomic mass is 16.5. The normalized spacial score (nSPS) is 10.5. The lowest BCUT2D eigenvalue weighted by atomic mass is 10.1. The van der Waals surface area contributed by atoms with Gasteiger partial charge in [-0.2, -0.15) is 5.26 Å². The Hall–Kier alpha value is -4.12. The van der Waals surface area contributed by atoms with Gasteiger partial charge in [-0.3, -0.25) is 9.59 Å². The van der Waals surface area contributed by atoms with Crippen molar-refractivity contribution in [2.75, 3.05) is 17.2 Å². The molecule has 0 bridgehead atoms. The quantitative estimate of drug-likeness (QED) is 0.352. The summed E-state index contributed by atoms with van der Waals surface area (Å²) in [6.07, 6.45) is 1.33. The van der Waals surface area contributed by atoms with E-state index in [1.54, 1.807) is 55.5 Å². The monoisotopic (exact) mass is 406 g/mol. The predicted octanol–water partition coefficient (Wildman–Crippen LogP) is 2.96. The zero-order chi connectivity index (χ0) is 21.9. The number of esters is 1. The van der Waals surface area contributed by atoms with Gasteiger partial charge in [-0.25, -0.2) is 4.79 Å². The van der Waals surface area contributed by atoms with E-state index in [1.165, 1.54) is 13.1 Å². The number of nitrogens with one attached hydrogen (secondary N) is 3. The van der Waals surface area contributed by atoms with Crippen LogP contribution < -0.4 is 16.0 Å². The molecule has 8 nitrogen and oxygen atoms in total. The topological polar surface area (TPSA) is 120 Å². The summed E-state index contributed by atoms with van der Waals surface area (Å²) < 4.78 is 4.93. The summed E-state index contributed by atoms with van der Waals surface area (Å²) in [5.41, 5.74) is 2.32. The Balaban J connectivity index is 1.92. The van der Waals surface area contributed by atoms with E-state index in [1.807, 2.05) is 6.07 Å². The molecule has 0 aliphatic heterocycles. The van der Waals surface area contributed by atoms with Crippen molar-refractivity contribution in [2.24, 2.45) is 0 Å². The number of carbonyl (C=O) groups excluding carboxylic acids is 3. The fraction of sp³-hybridized carbons (Fsp3) is 0.182. The lowest BCUT2D eigenvalue weighted by Crippen LogP contribution is -2.16. The summed E-state index contributed by atoms with van der Waals surface area (Å²) in [6.45, 7) is 3.83. The van der Waals surface area contributed by atoms with Crippen molar-refractivity contribution in [1.82, 2.24) is 5.32 Å². The van der Waals surface area contributed by atoms with E-state index in [0.717, 1.165) is 5.56 Å². The summed E-state index contributed by atoms with van der Waals surface area (Å²) in [6, 6.07) is 15.2. The van der Waals surface area contributed by atoms with Gasteiger partial charge in [0.25, 0.3) is 5.91 Å². The van der Waals surface area contributed by atoms with Crippen molar-refractivity contribution in [2.45, 2.75) is 20.4 Å². The number of carbonyl (C=O) groups is 3. The second-order valence-corrected chi connectivity index (χ2v) is 6.18. The van der Waals surface area contributed by atoms with Gasteiger partial charge in [-0.15, -0.1) is 0 Å². The van der Waals surface area contributed by atoms with Crippen molar-refractivity contribution >= 4 is 29.2 Å². The van der Waals surface area contributed by atoms with Crippen LogP contribution in [-0.4, -0.2) is 24.4 Å². The van der Waals surface area contributed by atoms with Gasteiger partial charge < -0.3 is 20.7 Å². The maximum atomic E-state index is 12.3. The molecule has 0 unspecified atom stereocenters. The average Bonchev–Trinajstić information content (AvgIpc) is 2.73. The molecular formula is C22H22N4O4. The van der Waals surface area contributed by atoms with Crippen molar-refractivity contribution in [1.29, 1.82) is 5.26 Å². The minimum Gasteiger partial charge on any atom is -0.462 e. The van der Waals surface area contributed by atoms with E-state index in [-0.39, 0.29) is 17.4 Å². The Bertz CT molecular complexity index is 974. The number of nitrogens with zero attached hydrogens (tertiary/aromatic N) is 1. The summed E-state index contributed by atoms with van der Waals surface area (Å²) in [7, 11) is 0. The summed E-state index contributed by atoms with van der Waals surface area (Å²) in [4.78, 5) is 34.9. The average molecular weight is 406 g/mol. The first-order valence-electron chi connectivity index (χ1n) is 9.21. The number of nitriles is 1. The summed E-state index contributed by atoms with van der Waals surface area (Å²) in [5, 5.41) is 17.4. The highest BCUT2D eigenvalue weighted by Crippen LogP contribution is 2.14. The fourth-order valence-electron chi connectivity index (χ4n) is 2.43. The highest BCUT2D eigenvalue weighted by molar-refractivity contribution is 6.06. The Labute approximate surface area is 174 Å². The molecule has 0 aliphatic carbocycles. The zero-order valence-electron chi connectivity index (χ0n) is 16.7. The second kappa shape index (κ2) is 11.0. The van der Waals surface area contributed by atoms with Crippen LogP contribution in [0.25, 0.3) is 0 Å². The second-order valence-electron chi connectivity index (χ2n) is 6.18. The molecule has 0 saturated heterocycles. The highest BCUT2D eigenvalue weighted by Gasteiger charge is 2.10. The maximum Gasteiger partial charge on any atom is 0.338 e. The molecule has 0 aromatic heterocycles. The number of hydrogen-bond acceptors (Lipinski definition) is 6. The van der Waals surface area contributed by atoms with Crippen LogP contribution in [0, 0.1) is 11.3 Å². The molecule has 0 saturated carbocycles. The van der Waals surface area contributed by atoms with Gasteiger partial charge in [0.2, 0.25) is 5.91 Å². The molecular weight excluding hydrogens is 384 g/mol. The number of amides is 2. The van der Waals surface area contributed by atoms with Crippen LogP contribution in [0.15, 0.2) is 60.3 Å². The number of anilines is 2. The van der Waals surface area contributed by atoms with Crippen molar-refractivity contribution < 1.29 is 19.1 Å². The molecule has 0 aliphatic rings. The molecule has 0 fully saturated rings. The zero-order valence-corrected chi connectivity index (χ0v) is 16.7. The van der Waals surface area contributed by atoms with Crippen LogP contribution in [-0.2, 0) is 20.9 Å². The Morgan fingerprint density at radius 3 is 2.13 bits per heavy atom. The van der Waals surface area contributed by atoms with Crippen molar-refractivity contribution in [3.05, 3.63) is 71.4 Å². The van der Waals surface area contributed by atoms with E-state index < -0.39 is 5.91 Å². The predicted molar refractivity (Wildman–Crippen MR) is 112 cm³/mol. The van der Waals surface area contributed by atoms with Crippen LogP contribution in [0.5, 0.6) is 0 Å². The fourth-order valence-corrected chi connectivity index (χ4v) is 2.43. The molecule has 0 radical (unpaired) electrons. The molecule has 3 N–H and O–H groups in total. The van der Waals surface area contributed by atoms with E-state index in [4.69, 9.17) is 4.74 Å². The van der Waals surface area contributed by atoms with Crippen LogP contribution in [0.2, 0.25) is 0 Å². The molecule has 0 heterocycles. The maximum absolute atomic E-state index is 12.3. The molecule has 2 rings (SSSR count). The minimum absolute atomic E-state index is 0.0934. The lowest BCUT2D eigenvalue weighted by molar-refractivity contribution is -0.114. The number of rotatable bonds is 8. The molecule has 8 heteroatoms. The SMILES string of the molecule is CCOC(=O)c1ccc(CN/C=C(/C#N)C(=O)Nc2ccc(NC(C)=O)cc2)cc1. The molecule has 0 atom stereocenters. The number of benzene rings is 2. The van der Waals surface area contributed by atoms with Gasteiger partial charge in [0, 0.05) is 31.0 Å². The van der Waals surface area contributed by atoms with Gasteiger partial charge in [-0.05, 0) is 48.9 Å². The third-order valence-corrected chi connectivity index (χ3v) is 3.85. The molecule has 154 valence electrons. The van der Waals surface area contributed by atoms with Crippen LogP contribution >= 0.6 is 0 Å². The van der Waals surface area contributed by atoms with Crippen molar-refractivity contribution in [3.8, 4) is 6.07 Å². The molecule has 2 amide bonds. The van der Waals surface area contributed by atoms with Crippen LogP contribution in [0.3, 0.4) is 0 Å². The first-order valence-corrected chi connectivity index (χ1v) is 9.21. The van der Waals surface area contributed by atoms with Gasteiger partial charge in [0.15, 0.2) is 0 Å². The third-order valence-electron chi connectivity index (χ3n) is 3.85. The van der Waals surface area contributed by atoms with E-state index in [2.05, 4.69) is 16.0 Å². The van der Waals surface area contributed by atoms with Gasteiger partial charge in [-0.1, -0.05) is 12.1 Å². The third kappa shape index (κ3) is 6.80.